The van der Waals surface area contributed by atoms with Crippen molar-refractivity contribution in [2.24, 2.45) is 5.41 Å². The van der Waals surface area contributed by atoms with Gasteiger partial charge in [-0.25, -0.2) is 13.4 Å². The van der Waals surface area contributed by atoms with E-state index in [2.05, 4.69) is 10.3 Å². The van der Waals surface area contributed by atoms with Crippen LogP contribution in [0, 0.1) is 5.41 Å². The van der Waals surface area contributed by atoms with Crippen LogP contribution >= 0.6 is 22.9 Å². The molecule has 0 unspecified atom stereocenters. The van der Waals surface area contributed by atoms with Gasteiger partial charge in [0.25, 0.3) is 5.91 Å². The number of sulfone groups is 1. The molecule has 26 heavy (non-hydrogen) atoms. The topological polar surface area (TPSA) is 93.2 Å². The summed E-state index contributed by atoms with van der Waals surface area (Å²) in [5.74, 6) is -0.551. The van der Waals surface area contributed by atoms with Gasteiger partial charge in [-0.2, -0.15) is 0 Å². The smallest absolute Gasteiger partial charge is 0.259 e. The zero-order valence-corrected chi connectivity index (χ0v) is 16.8. The van der Waals surface area contributed by atoms with E-state index in [4.69, 9.17) is 11.6 Å². The number of amides is 1. The summed E-state index contributed by atoms with van der Waals surface area (Å²) >= 11 is 7.17. The number of halogens is 1. The molecule has 1 aliphatic rings. The summed E-state index contributed by atoms with van der Waals surface area (Å²) in [5.41, 5.74) is 0.559. The van der Waals surface area contributed by atoms with Crippen molar-refractivity contribution in [3.63, 3.8) is 0 Å². The van der Waals surface area contributed by atoms with Gasteiger partial charge in [0, 0.05) is 12.7 Å². The number of rotatable bonds is 3. The summed E-state index contributed by atoms with van der Waals surface area (Å²) in [6, 6.07) is 3.94. The van der Waals surface area contributed by atoms with Crippen molar-refractivity contribution in [2.75, 3.05) is 11.6 Å². The summed E-state index contributed by atoms with van der Waals surface area (Å²) < 4.78 is 23.4. The molecular formula is C17H17ClN2O4S2. The first-order valence-corrected chi connectivity index (χ1v) is 10.9. The molecule has 0 saturated heterocycles. The molecule has 1 aromatic carbocycles. The maximum atomic E-state index is 12.5. The highest BCUT2D eigenvalue weighted by Gasteiger charge is 2.34. The number of benzene rings is 1. The molecule has 1 amide bonds. The summed E-state index contributed by atoms with van der Waals surface area (Å²) in [6.07, 6.45) is 2.16. The normalized spacial score (nSPS) is 16.2. The van der Waals surface area contributed by atoms with E-state index in [1.165, 1.54) is 18.2 Å². The fourth-order valence-corrected chi connectivity index (χ4v) is 4.61. The van der Waals surface area contributed by atoms with E-state index in [0.29, 0.717) is 28.5 Å². The van der Waals surface area contributed by atoms with Crippen LogP contribution in [0.5, 0.6) is 0 Å². The second kappa shape index (κ2) is 6.44. The van der Waals surface area contributed by atoms with Crippen LogP contribution in [0.3, 0.4) is 0 Å². The highest BCUT2D eigenvalue weighted by atomic mass is 35.5. The Morgan fingerprint density at radius 2 is 2.00 bits per heavy atom. The fourth-order valence-electron chi connectivity index (χ4n) is 2.85. The summed E-state index contributed by atoms with van der Waals surface area (Å²) in [7, 11) is -3.47. The number of fused-ring (bicyclic) bond motifs is 1. The first kappa shape index (κ1) is 19.0. The SMILES string of the molecule is CC1(C)CC(=O)c2sc(NC(=O)c3cc(S(C)(=O)=O)ccc3Cl)nc2C1. The Kier molecular flexibility index (Phi) is 4.71. The molecule has 0 radical (unpaired) electrons. The number of carbonyl (C=O) groups is 2. The highest BCUT2D eigenvalue weighted by Crippen LogP contribution is 2.38. The van der Waals surface area contributed by atoms with Crippen molar-refractivity contribution in [2.45, 2.75) is 31.6 Å². The second-order valence-corrected chi connectivity index (χ2v) is 10.5. The molecule has 2 aromatic rings. The number of hydrogen-bond donors (Lipinski definition) is 1. The van der Waals surface area contributed by atoms with Crippen LogP contribution in [-0.4, -0.2) is 31.3 Å². The zero-order valence-electron chi connectivity index (χ0n) is 14.4. The predicted octanol–water partition coefficient (Wildman–Crippen LogP) is 3.61. The van der Waals surface area contributed by atoms with Crippen LogP contribution in [0.2, 0.25) is 5.02 Å². The van der Waals surface area contributed by atoms with Gasteiger partial charge in [0.05, 0.1) is 26.1 Å². The lowest BCUT2D eigenvalue weighted by atomic mass is 9.78. The first-order chi connectivity index (χ1) is 12.0. The van der Waals surface area contributed by atoms with E-state index in [0.717, 1.165) is 17.6 Å². The first-order valence-electron chi connectivity index (χ1n) is 7.80. The lowest BCUT2D eigenvalue weighted by Gasteiger charge is -2.26. The molecule has 0 spiro atoms. The Labute approximate surface area is 160 Å². The minimum Gasteiger partial charge on any atom is -0.298 e. The number of carbonyl (C=O) groups excluding carboxylic acids is 2. The largest absolute Gasteiger partial charge is 0.298 e. The lowest BCUT2D eigenvalue weighted by Crippen LogP contribution is -2.26. The predicted molar refractivity (Wildman–Crippen MR) is 101 cm³/mol. The van der Waals surface area contributed by atoms with E-state index in [9.17, 15) is 18.0 Å². The molecular weight excluding hydrogens is 396 g/mol. The van der Waals surface area contributed by atoms with Gasteiger partial charge in [-0.15, -0.1) is 0 Å². The van der Waals surface area contributed by atoms with Crippen molar-refractivity contribution in [1.29, 1.82) is 0 Å². The fraction of sp³-hybridized carbons (Fsp3) is 0.353. The van der Waals surface area contributed by atoms with Gasteiger partial charge in [0.15, 0.2) is 20.8 Å². The highest BCUT2D eigenvalue weighted by molar-refractivity contribution is 7.90. The number of hydrogen-bond acceptors (Lipinski definition) is 6. The van der Waals surface area contributed by atoms with Crippen LogP contribution < -0.4 is 5.32 Å². The molecule has 6 nitrogen and oxygen atoms in total. The molecule has 1 aromatic heterocycles. The third kappa shape index (κ3) is 3.82. The van der Waals surface area contributed by atoms with Gasteiger partial charge in [0.1, 0.15) is 0 Å². The van der Waals surface area contributed by atoms with Gasteiger partial charge in [-0.05, 0) is 30.0 Å². The van der Waals surface area contributed by atoms with E-state index in [1.54, 1.807) is 0 Å². The van der Waals surface area contributed by atoms with Gasteiger partial charge < -0.3 is 0 Å². The molecule has 0 bridgehead atoms. The van der Waals surface area contributed by atoms with Crippen LogP contribution in [-0.2, 0) is 16.3 Å². The Bertz CT molecular complexity index is 1030. The minimum atomic E-state index is -3.47. The number of nitrogens with zero attached hydrogens (tertiary/aromatic N) is 1. The van der Waals surface area contributed by atoms with Gasteiger partial charge in [-0.3, -0.25) is 14.9 Å². The number of ketones is 1. The quantitative estimate of drug-likeness (QED) is 0.831. The van der Waals surface area contributed by atoms with Crippen LogP contribution in [0.25, 0.3) is 0 Å². The molecule has 1 heterocycles. The number of thiazole rings is 1. The van der Waals surface area contributed by atoms with Gasteiger partial charge in [-0.1, -0.05) is 36.8 Å². The van der Waals surface area contributed by atoms with Crippen molar-refractivity contribution in [3.8, 4) is 0 Å². The third-order valence-electron chi connectivity index (χ3n) is 4.07. The van der Waals surface area contributed by atoms with Gasteiger partial charge >= 0.3 is 0 Å². The molecule has 9 heteroatoms. The molecule has 0 saturated carbocycles. The van der Waals surface area contributed by atoms with Crippen molar-refractivity contribution in [1.82, 2.24) is 4.98 Å². The van der Waals surface area contributed by atoms with E-state index >= 15 is 0 Å². The average Bonchev–Trinajstić information content (AvgIpc) is 2.87. The van der Waals surface area contributed by atoms with Crippen LogP contribution in [0.15, 0.2) is 23.1 Å². The molecule has 0 aliphatic heterocycles. The number of anilines is 1. The summed E-state index contributed by atoms with van der Waals surface area (Å²) in [4.78, 5) is 29.7. The van der Waals surface area contributed by atoms with Crippen molar-refractivity contribution < 1.29 is 18.0 Å². The number of Topliss-reactive ketones (excluding diaryl/α,β-unsaturated/α-hetero) is 1. The second-order valence-electron chi connectivity index (χ2n) is 7.10. The van der Waals surface area contributed by atoms with Crippen molar-refractivity contribution >= 4 is 49.6 Å². The monoisotopic (exact) mass is 412 g/mol. The Morgan fingerprint density at radius 3 is 2.65 bits per heavy atom. The molecule has 3 rings (SSSR count). The molecule has 0 fully saturated rings. The summed E-state index contributed by atoms with van der Waals surface area (Å²) in [5, 5.41) is 3.05. The Hall–Kier alpha value is -1.77. The molecule has 0 atom stereocenters. The van der Waals surface area contributed by atoms with Crippen molar-refractivity contribution in [3.05, 3.63) is 39.4 Å². The van der Waals surface area contributed by atoms with Crippen LogP contribution in [0.4, 0.5) is 5.13 Å². The maximum absolute atomic E-state index is 12.5. The van der Waals surface area contributed by atoms with Gasteiger partial charge in [0.2, 0.25) is 0 Å². The zero-order chi connectivity index (χ0) is 19.3. The van der Waals surface area contributed by atoms with E-state index in [-0.39, 0.29) is 26.7 Å². The van der Waals surface area contributed by atoms with E-state index in [1.807, 2.05) is 13.8 Å². The molecule has 1 N–H and O–H groups in total. The molecule has 1 aliphatic carbocycles. The Balaban J connectivity index is 1.89. The lowest BCUT2D eigenvalue weighted by molar-refractivity contribution is 0.0915. The molecule has 138 valence electrons. The number of nitrogens with one attached hydrogen (secondary N) is 1. The number of aromatic nitrogens is 1. The third-order valence-corrected chi connectivity index (χ3v) is 6.56. The average molecular weight is 413 g/mol. The maximum Gasteiger partial charge on any atom is 0.259 e. The summed E-state index contributed by atoms with van der Waals surface area (Å²) in [6.45, 7) is 4.00. The Morgan fingerprint density at radius 1 is 1.31 bits per heavy atom. The minimum absolute atomic E-state index is 0.00223. The van der Waals surface area contributed by atoms with E-state index < -0.39 is 15.7 Å². The van der Waals surface area contributed by atoms with Crippen LogP contribution in [0.1, 0.15) is 46.0 Å². The standard InChI is InChI=1S/C17H17ClN2O4S2/c1-17(2)7-12-14(13(21)8-17)25-16(19-12)20-15(22)10-6-9(26(3,23)24)4-5-11(10)18/h4-6H,7-8H2,1-3H3,(H,19,20,22).